The predicted octanol–water partition coefficient (Wildman–Crippen LogP) is 4.94. The van der Waals surface area contributed by atoms with E-state index in [9.17, 15) is 18.0 Å². The summed E-state index contributed by atoms with van der Waals surface area (Å²) in [6.07, 6.45) is -0.752. The van der Waals surface area contributed by atoms with Crippen molar-refractivity contribution < 1.29 is 31.7 Å². The van der Waals surface area contributed by atoms with Gasteiger partial charge in [0, 0.05) is 6.42 Å². The lowest BCUT2D eigenvalue weighted by Crippen LogP contribution is -2.45. The first-order valence-corrected chi connectivity index (χ1v) is 13.1. The maximum absolute atomic E-state index is 12.9. The molecule has 3 rings (SSSR count). The molecule has 3 aromatic carbocycles. The van der Waals surface area contributed by atoms with Gasteiger partial charge in [-0.25, -0.2) is 9.59 Å². The molecule has 1 N–H and O–H groups in total. The first-order chi connectivity index (χ1) is 17.4. The molecule has 0 bridgehead atoms. The Morgan fingerprint density at radius 3 is 2.19 bits per heavy atom. The topological polar surface area (TPSA) is 108 Å². The zero-order valence-electron chi connectivity index (χ0n) is 21.3. The van der Waals surface area contributed by atoms with E-state index in [1.807, 2.05) is 37.3 Å². The minimum atomic E-state index is -4.05. The van der Waals surface area contributed by atoms with Crippen molar-refractivity contribution in [3.63, 3.8) is 0 Å². The Hall–Kier alpha value is -3.85. The maximum Gasteiger partial charge on any atom is 0.408 e. The molecule has 0 spiro atoms. The minimum absolute atomic E-state index is 0.0225. The summed E-state index contributed by atoms with van der Waals surface area (Å²) in [5.74, 6) is -0.583. The van der Waals surface area contributed by atoms with Gasteiger partial charge in [-0.1, -0.05) is 60.2 Å². The van der Waals surface area contributed by atoms with Crippen LogP contribution in [-0.2, 0) is 37.4 Å². The lowest BCUT2D eigenvalue weighted by Gasteiger charge is -2.23. The molecule has 1 atom stereocenters. The number of amides is 1. The summed E-state index contributed by atoms with van der Waals surface area (Å²) in [6.45, 7) is 7.03. The largest absolute Gasteiger partial charge is 0.459 e. The van der Waals surface area contributed by atoms with E-state index in [2.05, 4.69) is 5.32 Å². The van der Waals surface area contributed by atoms with Crippen LogP contribution in [0.15, 0.2) is 83.8 Å². The Balaban J connectivity index is 1.76. The Kier molecular flexibility index (Phi) is 8.94. The van der Waals surface area contributed by atoms with E-state index in [1.165, 1.54) is 24.3 Å². The van der Waals surface area contributed by atoms with Gasteiger partial charge in [0.15, 0.2) is 0 Å². The highest BCUT2D eigenvalue weighted by atomic mass is 32.2. The van der Waals surface area contributed by atoms with E-state index >= 15 is 0 Å². The molecule has 0 aliphatic carbocycles. The zero-order valence-corrected chi connectivity index (χ0v) is 22.1. The molecular formula is C28H31NO7S. The molecule has 196 valence electrons. The highest BCUT2D eigenvalue weighted by Crippen LogP contribution is 2.21. The van der Waals surface area contributed by atoms with Gasteiger partial charge in [-0.3, -0.25) is 0 Å². The van der Waals surface area contributed by atoms with Crippen LogP contribution in [-0.4, -0.2) is 32.1 Å². The van der Waals surface area contributed by atoms with Crippen molar-refractivity contribution in [2.45, 2.75) is 57.3 Å². The van der Waals surface area contributed by atoms with E-state index in [1.54, 1.807) is 45.0 Å². The molecule has 3 aromatic rings. The molecule has 0 fully saturated rings. The van der Waals surface area contributed by atoms with Crippen LogP contribution in [0.2, 0.25) is 0 Å². The van der Waals surface area contributed by atoms with Crippen LogP contribution in [0.25, 0.3) is 0 Å². The van der Waals surface area contributed by atoms with E-state index < -0.39 is 33.8 Å². The van der Waals surface area contributed by atoms with Gasteiger partial charge < -0.3 is 19.0 Å². The lowest BCUT2D eigenvalue weighted by molar-refractivity contribution is -0.147. The third kappa shape index (κ3) is 8.95. The average Bonchev–Trinajstić information content (AvgIpc) is 2.82. The number of rotatable bonds is 9. The van der Waals surface area contributed by atoms with Crippen molar-refractivity contribution in [2.75, 3.05) is 0 Å². The number of nitrogens with one attached hydrogen (secondary N) is 1. The van der Waals surface area contributed by atoms with Crippen LogP contribution in [0.3, 0.4) is 0 Å². The molecule has 0 heterocycles. The van der Waals surface area contributed by atoms with Gasteiger partial charge in [-0.15, -0.1) is 0 Å². The van der Waals surface area contributed by atoms with Crippen molar-refractivity contribution in [2.24, 2.45) is 0 Å². The molecular weight excluding hydrogens is 494 g/mol. The second kappa shape index (κ2) is 11.9. The summed E-state index contributed by atoms with van der Waals surface area (Å²) in [4.78, 5) is 25.4. The van der Waals surface area contributed by atoms with Crippen molar-refractivity contribution >= 4 is 22.2 Å². The SMILES string of the molecule is Cc1ccc(S(=O)(=O)Oc2cccc(C[C@H](NC(=O)OC(C)(C)C)C(=O)OCc3ccccc3)c2)cc1. The molecule has 37 heavy (non-hydrogen) atoms. The number of alkyl carbamates (subject to hydrolysis) is 1. The Morgan fingerprint density at radius 2 is 1.54 bits per heavy atom. The first kappa shape index (κ1) is 27.7. The molecule has 0 aliphatic rings. The molecule has 0 saturated heterocycles. The lowest BCUT2D eigenvalue weighted by atomic mass is 10.1. The number of carbonyl (C=O) groups is 2. The molecule has 0 saturated carbocycles. The Bertz CT molecular complexity index is 1310. The summed E-state index contributed by atoms with van der Waals surface area (Å²) >= 11 is 0. The Labute approximate surface area is 217 Å². The van der Waals surface area contributed by atoms with Crippen molar-refractivity contribution in [3.05, 3.63) is 95.6 Å². The van der Waals surface area contributed by atoms with Crippen molar-refractivity contribution in [1.82, 2.24) is 5.32 Å². The van der Waals surface area contributed by atoms with Crippen LogP contribution in [0.1, 0.15) is 37.5 Å². The smallest absolute Gasteiger partial charge is 0.408 e. The van der Waals surface area contributed by atoms with Crippen LogP contribution in [0, 0.1) is 6.92 Å². The van der Waals surface area contributed by atoms with Gasteiger partial charge in [0.1, 0.15) is 28.9 Å². The predicted molar refractivity (Wildman–Crippen MR) is 139 cm³/mol. The van der Waals surface area contributed by atoms with E-state index in [-0.39, 0.29) is 23.7 Å². The standard InChI is InChI=1S/C28H31NO7S/c1-20-13-15-24(16-14-20)37(32,33)36-23-12-8-11-22(17-23)18-25(29-27(31)35-28(2,3)4)26(30)34-19-21-9-6-5-7-10-21/h5-17,25H,18-19H2,1-4H3,(H,29,31)/t25-/m0/s1. The quantitative estimate of drug-likeness (QED) is 0.311. The van der Waals surface area contributed by atoms with Crippen molar-refractivity contribution in [1.29, 1.82) is 0 Å². The maximum atomic E-state index is 12.9. The highest BCUT2D eigenvalue weighted by Gasteiger charge is 2.26. The monoisotopic (exact) mass is 525 g/mol. The van der Waals surface area contributed by atoms with Crippen LogP contribution >= 0.6 is 0 Å². The van der Waals surface area contributed by atoms with Crippen LogP contribution in [0.4, 0.5) is 4.79 Å². The van der Waals surface area contributed by atoms with E-state index in [4.69, 9.17) is 13.7 Å². The summed E-state index contributed by atoms with van der Waals surface area (Å²) < 4.78 is 41.4. The van der Waals surface area contributed by atoms with Gasteiger partial charge in [0.25, 0.3) is 0 Å². The second-order valence-corrected chi connectivity index (χ2v) is 11.0. The fourth-order valence-electron chi connectivity index (χ4n) is 3.31. The summed E-state index contributed by atoms with van der Waals surface area (Å²) in [5, 5.41) is 2.56. The van der Waals surface area contributed by atoms with Gasteiger partial charge in [0.05, 0.1) is 0 Å². The van der Waals surface area contributed by atoms with E-state index in [0.717, 1.165) is 11.1 Å². The van der Waals surface area contributed by atoms with Gasteiger partial charge in [-0.05, 0) is 63.1 Å². The number of carbonyl (C=O) groups excluding carboxylic acids is 2. The summed E-state index contributed by atoms with van der Waals surface area (Å²) in [6, 6.07) is 20.7. The van der Waals surface area contributed by atoms with E-state index in [0.29, 0.717) is 5.56 Å². The molecule has 1 amide bonds. The van der Waals surface area contributed by atoms with Gasteiger partial charge in [-0.2, -0.15) is 8.42 Å². The minimum Gasteiger partial charge on any atom is -0.459 e. The first-order valence-electron chi connectivity index (χ1n) is 11.7. The second-order valence-electron chi connectivity index (χ2n) is 9.49. The fraction of sp³-hybridized carbons (Fsp3) is 0.286. The van der Waals surface area contributed by atoms with Crippen molar-refractivity contribution in [3.8, 4) is 5.75 Å². The highest BCUT2D eigenvalue weighted by molar-refractivity contribution is 7.87. The number of ether oxygens (including phenoxy) is 2. The van der Waals surface area contributed by atoms with Crippen LogP contribution in [0.5, 0.6) is 5.75 Å². The molecule has 8 nitrogen and oxygen atoms in total. The van der Waals surface area contributed by atoms with Crippen LogP contribution < -0.4 is 9.50 Å². The molecule has 0 aromatic heterocycles. The molecule has 0 aliphatic heterocycles. The number of aryl methyl sites for hydroxylation is 1. The third-order valence-electron chi connectivity index (χ3n) is 5.05. The van der Waals surface area contributed by atoms with Gasteiger partial charge in [0.2, 0.25) is 0 Å². The molecule has 0 radical (unpaired) electrons. The number of hydrogen-bond acceptors (Lipinski definition) is 7. The number of esters is 1. The zero-order chi connectivity index (χ0) is 27.1. The number of benzene rings is 3. The summed E-state index contributed by atoms with van der Waals surface area (Å²) in [7, 11) is -4.05. The summed E-state index contributed by atoms with van der Waals surface area (Å²) in [5.41, 5.74) is 1.50. The fourth-order valence-corrected chi connectivity index (χ4v) is 4.23. The normalized spacial score (nSPS) is 12.3. The number of hydrogen-bond donors (Lipinski definition) is 1. The molecule has 9 heteroatoms. The molecule has 0 unspecified atom stereocenters. The Morgan fingerprint density at radius 1 is 0.892 bits per heavy atom. The van der Waals surface area contributed by atoms with Gasteiger partial charge >= 0.3 is 22.2 Å². The average molecular weight is 526 g/mol. The third-order valence-corrected chi connectivity index (χ3v) is 6.31.